The van der Waals surface area contributed by atoms with E-state index in [0.29, 0.717) is 5.69 Å². The van der Waals surface area contributed by atoms with Crippen LogP contribution in [0.1, 0.15) is 17.5 Å². The Morgan fingerprint density at radius 2 is 1.43 bits per heavy atom. The number of anilines is 1. The number of amides is 1. The second-order valence-corrected chi connectivity index (χ2v) is 11.7. The van der Waals surface area contributed by atoms with E-state index in [2.05, 4.69) is 0 Å². The van der Waals surface area contributed by atoms with Crippen LogP contribution in [0.3, 0.4) is 0 Å². The maximum atomic E-state index is 13.3. The van der Waals surface area contributed by atoms with Crippen molar-refractivity contribution in [2.24, 2.45) is 0 Å². The summed E-state index contributed by atoms with van der Waals surface area (Å²) in [6, 6.07) is 13.7. The van der Waals surface area contributed by atoms with Crippen LogP contribution in [0, 0.1) is 13.8 Å². The summed E-state index contributed by atoms with van der Waals surface area (Å²) in [5.41, 5.74) is 2.43. The van der Waals surface area contributed by atoms with Crippen LogP contribution in [0.4, 0.5) is 5.69 Å². The lowest BCUT2D eigenvalue weighted by Crippen LogP contribution is -2.45. The Hall–Kier alpha value is -2.39. The van der Waals surface area contributed by atoms with E-state index in [9.17, 15) is 21.6 Å². The number of nitrogens with zero attached hydrogens (tertiary/aromatic N) is 2. The molecule has 0 bridgehead atoms. The van der Waals surface area contributed by atoms with Crippen LogP contribution < -0.4 is 4.31 Å². The molecule has 3 rings (SSSR count). The molecule has 2 aromatic carbocycles. The highest BCUT2D eigenvalue weighted by molar-refractivity contribution is 7.92. The third-order valence-electron chi connectivity index (χ3n) is 5.16. The predicted molar refractivity (Wildman–Crippen MR) is 117 cm³/mol. The Morgan fingerprint density at radius 3 is 1.97 bits per heavy atom. The third-order valence-corrected chi connectivity index (χ3v) is 8.61. The highest BCUT2D eigenvalue weighted by atomic mass is 32.2. The monoisotopic (exact) mass is 450 g/mol. The number of sulfone groups is 1. The van der Waals surface area contributed by atoms with Gasteiger partial charge in [-0.15, -0.1) is 0 Å². The Morgan fingerprint density at radius 1 is 0.933 bits per heavy atom. The second kappa shape index (κ2) is 8.77. The van der Waals surface area contributed by atoms with Crippen molar-refractivity contribution in [3.63, 3.8) is 0 Å². The van der Waals surface area contributed by atoms with E-state index in [1.165, 1.54) is 9.21 Å². The summed E-state index contributed by atoms with van der Waals surface area (Å²) in [5.74, 6) is -0.356. The molecule has 0 N–H and O–H groups in total. The molecule has 0 atom stereocenters. The van der Waals surface area contributed by atoms with Crippen molar-refractivity contribution in [1.82, 2.24) is 4.90 Å². The van der Waals surface area contributed by atoms with Gasteiger partial charge in [-0.25, -0.2) is 16.8 Å². The molecule has 1 aliphatic heterocycles. The lowest BCUT2D eigenvalue weighted by atomic mass is 10.2. The molecule has 1 aliphatic rings. The van der Waals surface area contributed by atoms with Crippen LogP contribution >= 0.6 is 0 Å². The van der Waals surface area contributed by atoms with Gasteiger partial charge in [-0.3, -0.25) is 9.10 Å². The summed E-state index contributed by atoms with van der Waals surface area (Å²) in [4.78, 5) is 14.3. The van der Waals surface area contributed by atoms with Crippen LogP contribution in [0.25, 0.3) is 0 Å². The van der Waals surface area contributed by atoms with E-state index < -0.39 is 19.9 Å². The number of carbonyl (C=O) groups excluding carboxylic acids is 1. The van der Waals surface area contributed by atoms with E-state index in [1.807, 2.05) is 26.0 Å². The number of aryl methyl sites for hydroxylation is 2. The Kier molecular flexibility index (Phi) is 6.52. The van der Waals surface area contributed by atoms with E-state index in [4.69, 9.17) is 0 Å². The molecule has 0 aliphatic carbocycles. The van der Waals surface area contributed by atoms with Crippen LogP contribution in [-0.2, 0) is 24.7 Å². The van der Waals surface area contributed by atoms with Crippen molar-refractivity contribution < 1.29 is 21.6 Å². The van der Waals surface area contributed by atoms with Crippen molar-refractivity contribution in [3.05, 3.63) is 59.7 Å². The lowest BCUT2D eigenvalue weighted by molar-refractivity contribution is -0.130. The molecule has 0 saturated carbocycles. The van der Waals surface area contributed by atoms with E-state index in [-0.39, 0.29) is 48.4 Å². The second-order valence-electron chi connectivity index (χ2n) is 7.51. The number of hydrogen-bond acceptors (Lipinski definition) is 5. The molecular formula is C21H26N2O5S2. The molecule has 7 nitrogen and oxygen atoms in total. The zero-order valence-electron chi connectivity index (χ0n) is 17.1. The predicted octanol–water partition coefficient (Wildman–Crippen LogP) is 2.15. The molecule has 162 valence electrons. The van der Waals surface area contributed by atoms with Gasteiger partial charge in [0, 0.05) is 26.1 Å². The number of rotatable bonds is 6. The van der Waals surface area contributed by atoms with Gasteiger partial charge in [0.15, 0.2) is 9.84 Å². The van der Waals surface area contributed by atoms with Crippen LogP contribution in [-0.4, -0.2) is 58.8 Å². The SMILES string of the molecule is Cc1ccc(N(CCC(=O)N2CCS(=O)(=O)CC2)S(=O)(=O)c2ccc(C)cc2)cc1. The lowest BCUT2D eigenvalue weighted by Gasteiger charge is -2.29. The average molecular weight is 451 g/mol. The molecule has 2 aromatic rings. The molecule has 30 heavy (non-hydrogen) atoms. The fraction of sp³-hybridized carbons (Fsp3) is 0.381. The van der Waals surface area contributed by atoms with Crippen molar-refractivity contribution in [2.45, 2.75) is 25.2 Å². The zero-order chi connectivity index (χ0) is 21.9. The summed E-state index contributed by atoms with van der Waals surface area (Å²) < 4.78 is 51.1. The molecule has 1 fully saturated rings. The molecule has 0 radical (unpaired) electrons. The summed E-state index contributed by atoms with van der Waals surface area (Å²) in [7, 11) is -6.95. The van der Waals surface area contributed by atoms with Gasteiger partial charge in [0.1, 0.15) is 0 Å². The first kappa shape index (κ1) is 22.3. The number of hydrogen-bond donors (Lipinski definition) is 0. The molecule has 0 unspecified atom stereocenters. The number of sulfonamides is 1. The van der Waals surface area contributed by atoms with E-state index >= 15 is 0 Å². The Labute approximate surface area is 178 Å². The smallest absolute Gasteiger partial charge is 0.264 e. The molecule has 0 aromatic heterocycles. The van der Waals surface area contributed by atoms with Gasteiger partial charge >= 0.3 is 0 Å². The van der Waals surface area contributed by atoms with E-state index in [1.54, 1.807) is 36.4 Å². The fourth-order valence-corrected chi connectivity index (χ4v) is 5.92. The van der Waals surface area contributed by atoms with Gasteiger partial charge in [0.25, 0.3) is 10.0 Å². The topological polar surface area (TPSA) is 91.8 Å². The van der Waals surface area contributed by atoms with Crippen molar-refractivity contribution in [3.8, 4) is 0 Å². The highest BCUT2D eigenvalue weighted by Gasteiger charge is 2.28. The molecular weight excluding hydrogens is 424 g/mol. The normalized spacial score (nSPS) is 16.3. The number of carbonyl (C=O) groups is 1. The largest absolute Gasteiger partial charge is 0.341 e. The summed E-state index contributed by atoms with van der Waals surface area (Å²) >= 11 is 0. The molecule has 1 saturated heterocycles. The standard InChI is InChI=1S/C21H26N2O5S2/c1-17-3-7-19(8-4-17)23(30(27,28)20-9-5-18(2)6-10-20)12-11-21(24)22-13-15-29(25,26)16-14-22/h3-10H,11-16H2,1-2H3. The molecule has 1 heterocycles. The maximum absolute atomic E-state index is 13.3. The summed E-state index contributed by atoms with van der Waals surface area (Å²) in [6.45, 7) is 4.07. The quantitative estimate of drug-likeness (QED) is 0.672. The van der Waals surface area contributed by atoms with Crippen molar-refractivity contribution in [1.29, 1.82) is 0 Å². The van der Waals surface area contributed by atoms with Crippen molar-refractivity contribution in [2.75, 3.05) is 35.4 Å². The van der Waals surface area contributed by atoms with Gasteiger partial charge in [-0.2, -0.15) is 0 Å². The van der Waals surface area contributed by atoms with E-state index in [0.717, 1.165) is 11.1 Å². The first-order valence-electron chi connectivity index (χ1n) is 9.73. The Balaban J connectivity index is 1.82. The van der Waals surface area contributed by atoms with Crippen LogP contribution in [0.15, 0.2) is 53.4 Å². The van der Waals surface area contributed by atoms with Crippen molar-refractivity contribution >= 4 is 31.5 Å². The molecule has 1 amide bonds. The minimum atomic E-state index is -3.86. The minimum absolute atomic E-state index is 0.0264. The summed E-state index contributed by atoms with van der Waals surface area (Å²) in [6.07, 6.45) is -0.0288. The van der Waals surface area contributed by atoms with Gasteiger partial charge in [0.2, 0.25) is 5.91 Å². The van der Waals surface area contributed by atoms with Gasteiger partial charge in [-0.05, 0) is 38.1 Å². The first-order valence-corrected chi connectivity index (χ1v) is 13.0. The van der Waals surface area contributed by atoms with Crippen LogP contribution in [0.5, 0.6) is 0 Å². The maximum Gasteiger partial charge on any atom is 0.264 e. The molecule has 9 heteroatoms. The Bertz CT molecular complexity index is 1090. The van der Waals surface area contributed by atoms with Gasteiger partial charge in [-0.1, -0.05) is 35.4 Å². The summed E-state index contributed by atoms with van der Waals surface area (Å²) in [5, 5.41) is 0. The third kappa shape index (κ3) is 5.20. The average Bonchev–Trinajstić information content (AvgIpc) is 2.69. The van der Waals surface area contributed by atoms with Gasteiger partial charge in [0.05, 0.1) is 22.1 Å². The minimum Gasteiger partial charge on any atom is -0.341 e. The highest BCUT2D eigenvalue weighted by Crippen LogP contribution is 2.25. The first-order chi connectivity index (χ1) is 14.1. The molecule has 0 spiro atoms. The fourth-order valence-electron chi connectivity index (χ4n) is 3.25. The zero-order valence-corrected chi connectivity index (χ0v) is 18.7. The number of benzene rings is 2. The van der Waals surface area contributed by atoms with Crippen LogP contribution in [0.2, 0.25) is 0 Å². The van der Waals surface area contributed by atoms with Gasteiger partial charge < -0.3 is 4.90 Å².